The Labute approximate surface area is 164 Å². The molecule has 5 rings (SSSR count). The molecule has 1 aliphatic heterocycles. The molecular weight excluding hydrogens is 376 g/mol. The topological polar surface area (TPSA) is 85.9 Å². The second-order valence-electron chi connectivity index (χ2n) is 6.95. The van der Waals surface area contributed by atoms with Crippen LogP contribution in [0.15, 0.2) is 41.6 Å². The smallest absolute Gasteiger partial charge is 0.264 e. The quantitative estimate of drug-likeness (QED) is 0.531. The third kappa shape index (κ3) is 2.70. The number of likely N-dealkylation sites (tertiary alicyclic amines) is 1. The van der Waals surface area contributed by atoms with E-state index in [0.29, 0.717) is 17.6 Å². The number of nitrogens with zero attached hydrogens (tertiary/aromatic N) is 6. The number of hydrogen-bond acceptors (Lipinski definition) is 6. The number of hydrogen-bond donors (Lipinski definition) is 0. The van der Waals surface area contributed by atoms with Gasteiger partial charge in [-0.25, -0.2) is 9.97 Å². The molecule has 1 aliphatic rings. The van der Waals surface area contributed by atoms with Crippen molar-refractivity contribution in [1.82, 2.24) is 29.2 Å². The van der Waals surface area contributed by atoms with Gasteiger partial charge in [-0.2, -0.15) is 5.10 Å². The zero-order valence-corrected chi connectivity index (χ0v) is 16.1. The van der Waals surface area contributed by atoms with Gasteiger partial charge in [0.15, 0.2) is 5.65 Å². The van der Waals surface area contributed by atoms with E-state index in [-0.39, 0.29) is 24.1 Å². The molecule has 0 spiro atoms. The third-order valence-corrected chi connectivity index (χ3v) is 6.33. The standard InChI is InChI=1S/C19H18N6O2S/c1-23-17-12(9-21-23)19(27)24(11-20-17)10-16(26)25-8-4-6-14(25)18-22-13-5-2-3-7-15(13)28-18/h2-3,5,7,9,11,14H,4,6,8,10H2,1H3/t14-/m1/s1. The largest absolute Gasteiger partial charge is 0.332 e. The molecule has 0 saturated carbocycles. The van der Waals surface area contributed by atoms with Crippen LogP contribution < -0.4 is 5.56 Å². The molecule has 0 bridgehead atoms. The Bertz CT molecular complexity index is 1220. The summed E-state index contributed by atoms with van der Waals surface area (Å²) in [6.07, 6.45) is 4.74. The summed E-state index contributed by atoms with van der Waals surface area (Å²) in [5, 5.41) is 5.44. The van der Waals surface area contributed by atoms with Crippen molar-refractivity contribution in [2.24, 2.45) is 7.05 Å². The van der Waals surface area contributed by atoms with Gasteiger partial charge in [-0.1, -0.05) is 12.1 Å². The predicted octanol–water partition coefficient (Wildman–Crippen LogP) is 2.10. The van der Waals surface area contributed by atoms with Gasteiger partial charge in [-0.15, -0.1) is 11.3 Å². The summed E-state index contributed by atoms with van der Waals surface area (Å²) in [7, 11) is 1.73. The molecule has 1 atom stereocenters. The number of rotatable bonds is 3. The summed E-state index contributed by atoms with van der Waals surface area (Å²) in [5.74, 6) is -0.0890. The average Bonchev–Trinajstić information content (AvgIpc) is 3.41. The Hall–Kier alpha value is -3.07. The van der Waals surface area contributed by atoms with Crippen molar-refractivity contribution in [2.45, 2.75) is 25.4 Å². The van der Waals surface area contributed by atoms with Crippen molar-refractivity contribution >= 4 is 38.5 Å². The Kier molecular flexibility index (Phi) is 3.97. The molecule has 142 valence electrons. The molecule has 0 unspecified atom stereocenters. The van der Waals surface area contributed by atoms with E-state index in [1.54, 1.807) is 23.1 Å². The van der Waals surface area contributed by atoms with Crippen LogP contribution in [0.1, 0.15) is 23.9 Å². The third-order valence-electron chi connectivity index (χ3n) is 5.19. The van der Waals surface area contributed by atoms with E-state index < -0.39 is 0 Å². The Morgan fingerprint density at radius 1 is 1.32 bits per heavy atom. The highest BCUT2D eigenvalue weighted by molar-refractivity contribution is 7.18. The van der Waals surface area contributed by atoms with E-state index >= 15 is 0 Å². The summed E-state index contributed by atoms with van der Waals surface area (Å²) in [5.41, 5.74) is 1.23. The zero-order valence-electron chi connectivity index (χ0n) is 15.3. The minimum Gasteiger partial charge on any atom is -0.332 e. The fourth-order valence-electron chi connectivity index (χ4n) is 3.77. The van der Waals surface area contributed by atoms with Crippen LogP contribution in [0.4, 0.5) is 0 Å². The van der Waals surface area contributed by atoms with Crippen LogP contribution in [-0.4, -0.2) is 41.7 Å². The zero-order chi connectivity index (χ0) is 19.3. The fraction of sp³-hybridized carbons (Fsp3) is 0.316. The van der Waals surface area contributed by atoms with Crippen LogP contribution in [0.3, 0.4) is 0 Å². The monoisotopic (exact) mass is 394 g/mol. The summed E-state index contributed by atoms with van der Waals surface area (Å²) in [4.78, 5) is 36.5. The number of carbonyl (C=O) groups excluding carboxylic acids is 1. The van der Waals surface area contributed by atoms with Crippen molar-refractivity contribution in [3.63, 3.8) is 0 Å². The molecule has 8 nitrogen and oxygen atoms in total. The van der Waals surface area contributed by atoms with Crippen LogP contribution >= 0.6 is 11.3 Å². The molecule has 0 aliphatic carbocycles. The Morgan fingerprint density at radius 2 is 2.18 bits per heavy atom. The number of carbonyl (C=O) groups is 1. The highest BCUT2D eigenvalue weighted by Gasteiger charge is 2.32. The lowest BCUT2D eigenvalue weighted by molar-refractivity contribution is -0.132. The molecule has 1 aromatic carbocycles. The maximum Gasteiger partial charge on any atom is 0.264 e. The van der Waals surface area contributed by atoms with E-state index in [1.165, 1.54) is 17.1 Å². The van der Waals surface area contributed by atoms with E-state index in [1.807, 2.05) is 29.2 Å². The first-order valence-corrected chi connectivity index (χ1v) is 9.95. The number of benzene rings is 1. The van der Waals surface area contributed by atoms with Crippen LogP contribution in [0.25, 0.3) is 21.3 Å². The number of fused-ring (bicyclic) bond motifs is 2. The lowest BCUT2D eigenvalue weighted by atomic mass is 10.2. The molecule has 28 heavy (non-hydrogen) atoms. The predicted molar refractivity (Wildman–Crippen MR) is 106 cm³/mol. The van der Waals surface area contributed by atoms with Crippen molar-refractivity contribution in [3.05, 3.63) is 52.2 Å². The number of amides is 1. The van der Waals surface area contributed by atoms with Gasteiger partial charge in [-0.3, -0.25) is 18.8 Å². The first-order valence-electron chi connectivity index (χ1n) is 9.14. The maximum absolute atomic E-state index is 13.0. The molecule has 1 fully saturated rings. The maximum atomic E-state index is 13.0. The average molecular weight is 394 g/mol. The number of aryl methyl sites for hydroxylation is 1. The molecule has 4 heterocycles. The van der Waals surface area contributed by atoms with Crippen molar-refractivity contribution < 1.29 is 4.79 Å². The van der Waals surface area contributed by atoms with E-state index in [4.69, 9.17) is 4.98 Å². The molecular formula is C19H18N6O2S. The molecule has 9 heteroatoms. The van der Waals surface area contributed by atoms with E-state index in [9.17, 15) is 9.59 Å². The van der Waals surface area contributed by atoms with Crippen molar-refractivity contribution in [3.8, 4) is 0 Å². The summed E-state index contributed by atoms with van der Waals surface area (Å²) >= 11 is 1.63. The summed E-state index contributed by atoms with van der Waals surface area (Å²) < 4.78 is 4.03. The minimum atomic E-state index is -0.248. The van der Waals surface area contributed by atoms with Crippen LogP contribution in [0.2, 0.25) is 0 Å². The Morgan fingerprint density at radius 3 is 3.04 bits per heavy atom. The minimum absolute atomic E-state index is 0.0297. The van der Waals surface area contributed by atoms with Gasteiger partial charge in [-0.05, 0) is 25.0 Å². The number of thiazole rings is 1. The van der Waals surface area contributed by atoms with Gasteiger partial charge in [0.05, 0.1) is 22.5 Å². The van der Waals surface area contributed by atoms with Gasteiger partial charge in [0, 0.05) is 13.6 Å². The molecule has 1 amide bonds. The molecule has 4 aromatic rings. The molecule has 3 aromatic heterocycles. The Balaban J connectivity index is 1.43. The number of aromatic nitrogens is 5. The molecule has 0 N–H and O–H groups in total. The van der Waals surface area contributed by atoms with Crippen LogP contribution in [0, 0.1) is 0 Å². The fourth-order valence-corrected chi connectivity index (χ4v) is 4.89. The molecule has 1 saturated heterocycles. The van der Waals surface area contributed by atoms with Gasteiger partial charge < -0.3 is 4.90 Å². The lowest BCUT2D eigenvalue weighted by Crippen LogP contribution is -2.36. The summed E-state index contributed by atoms with van der Waals surface area (Å²) in [6.45, 7) is 0.648. The van der Waals surface area contributed by atoms with Gasteiger partial charge in [0.1, 0.15) is 23.3 Å². The van der Waals surface area contributed by atoms with Crippen molar-refractivity contribution in [2.75, 3.05) is 6.54 Å². The van der Waals surface area contributed by atoms with Gasteiger partial charge >= 0.3 is 0 Å². The number of para-hydroxylation sites is 1. The normalized spacial score (nSPS) is 17.0. The van der Waals surface area contributed by atoms with Crippen LogP contribution in [-0.2, 0) is 18.4 Å². The van der Waals surface area contributed by atoms with E-state index in [0.717, 1.165) is 28.1 Å². The van der Waals surface area contributed by atoms with E-state index in [2.05, 4.69) is 10.1 Å². The highest BCUT2D eigenvalue weighted by atomic mass is 32.1. The van der Waals surface area contributed by atoms with Crippen molar-refractivity contribution in [1.29, 1.82) is 0 Å². The first-order chi connectivity index (χ1) is 13.6. The first kappa shape index (κ1) is 17.1. The second kappa shape index (κ2) is 6.52. The summed E-state index contributed by atoms with van der Waals surface area (Å²) in [6, 6.07) is 7.97. The van der Waals surface area contributed by atoms with Crippen LogP contribution in [0.5, 0.6) is 0 Å². The van der Waals surface area contributed by atoms with Gasteiger partial charge in [0.2, 0.25) is 5.91 Å². The molecule has 0 radical (unpaired) electrons. The lowest BCUT2D eigenvalue weighted by Gasteiger charge is -2.23. The second-order valence-corrected chi connectivity index (χ2v) is 8.01. The van der Waals surface area contributed by atoms with Gasteiger partial charge in [0.25, 0.3) is 5.56 Å². The SMILES string of the molecule is Cn1ncc2c(=O)n(CC(=O)N3CCC[C@@H]3c3nc4ccccc4s3)cnc21. The highest BCUT2D eigenvalue weighted by Crippen LogP contribution is 2.36.